The van der Waals surface area contributed by atoms with Crippen LogP contribution in [0.5, 0.6) is 0 Å². The minimum atomic E-state index is 0.00399. The lowest BCUT2D eigenvalue weighted by Gasteiger charge is -2.19. The Morgan fingerprint density at radius 2 is 1.63 bits per heavy atom. The summed E-state index contributed by atoms with van der Waals surface area (Å²) in [5, 5.41) is 4.42. The highest BCUT2D eigenvalue weighted by molar-refractivity contribution is 5.86. The quantitative estimate of drug-likeness (QED) is 0.343. The second kappa shape index (κ2) is 10.9. The molecule has 0 spiro atoms. The number of benzene rings is 3. The van der Waals surface area contributed by atoms with Gasteiger partial charge in [-0.2, -0.15) is 0 Å². The Balaban J connectivity index is 1.43. The predicted molar refractivity (Wildman–Crippen MR) is 144 cm³/mol. The van der Waals surface area contributed by atoms with E-state index >= 15 is 0 Å². The number of hydrogen-bond acceptors (Lipinski definition) is 2. The van der Waals surface area contributed by atoms with Crippen molar-refractivity contribution in [2.24, 2.45) is 0 Å². The number of nitrogens with one attached hydrogen (secondary N) is 1. The third-order valence-electron chi connectivity index (χ3n) is 7.21. The molecular weight excluding hydrogens is 430 g/mol. The number of likely N-dealkylation sites (tertiary alicyclic amines) is 1. The normalized spacial score (nSPS) is 14.9. The fraction of sp³-hybridized carbons (Fsp3) is 0.323. The van der Waals surface area contributed by atoms with Gasteiger partial charge in [-0.25, -0.2) is 0 Å². The maximum atomic E-state index is 13.1. The van der Waals surface area contributed by atoms with Gasteiger partial charge in [0.25, 0.3) is 0 Å². The molecule has 1 fully saturated rings. The number of nitrogens with zero attached hydrogens (tertiary/aromatic N) is 2. The van der Waals surface area contributed by atoms with Gasteiger partial charge >= 0.3 is 0 Å². The molecule has 0 saturated carbocycles. The SMILES string of the molecule is Cc1ccc(C(CC(=O)NCCN2CCCC2)c2cn(Cc3ccccc3)c3ccccc23)cc1. The molecule has 0 aliphatic carbocycles. The summed E-state index contributed by atoms with van der Waals surface area (Å²) in [6.45, 7) is 6.89. The van der Waals surface area contributed by atoms with E-state index in [1.807, 2.05) is 0 Å². The summed E-state index contributed by atoms with van der Waals surface area (Å²) < 4.78 is 2.33. The number of para-hydroxylation sites is 1. The van der Waals surface area contributed by atoms with Gasteiger partial charge in [0, 0.05) is 49.1 Å². The monoisotopic (exact) mass is 465 g/mol. The third-order valence-corrected chi connectivity index (χ3v) is 7.21. The van der Waals surface area contributed by atoms with Gasteiger partial charge in [0.15, 0.2) is 0 Å². The molecule has 0 radical (unpaired) electrons. The van der Waals surface area contributed by atoms with Crippen molar-refractivity contribution < 1.29 is 4.79 Å². The first-order valence-electron chi connectivity index (χ1n) is 12.8. The summed E-state index contributed by atoms with van der Waals surface area (Å²) in [6, 6.07) is 27.8. The zero-order valence-electron chi connectivity index (χ0n) is 20.6. The Morgan fingerprint density at radius 1 is 0.914 bits per heavy atom. The second-order valence-corrected chi connectivity index (χ2v) is 9.78. The van der Waals surface area contributed by atoms with Crippen molar-refractivity contribution in [2.75, 3.05) is 26.2 Å². The van der Waals surface area contributed by atoms with Gasteiger partial charge in [-0.15, -0.1) is 0 Å². The van der Waals surface area contributed by atoms with Crippen LogP contribution in [0.2, 0.25) is 0 Å². The zero-order chi connectivity index (χ0) is 24.0. The summed E-state index contributed by atoms with van der Waals surface area (Å²) in [5.41, 5.74) is 6.11. The maximum Gasteiger partial charge on any atom is 0.220 e. The van der Waals surface area contributed by atoms with E-state index in [1.165, 1.54) is 46.0 Å². The highest BCUT2D eigenvalue weighted by Crippen LogP contribution is 2.35. The molecule has 3 aromatic carbocycles. The van der Waals surface area contributed by atoms with Gasteiger partial charge in [-0.05, 0) is 55.6 Å². The number of carbonyl (C=O) groups is 1. The molecule has 0 bridgehead atoms. The molecule has 4 nitrogen and oxygen atoms in total. The van der Waals surface area contributed by atoms with E-state index in [-0.39, 0.29) is 11.8 Å². The number of fused-ring (bicyclic) bond motifs is 1. The van der Waals surface area contributed by atoms with E-state index in [0.29, 0.717) is 6.42 Å². The Kier molecular flexibility index (Phi) is 7.29. The van der Waals surface area contributed by atoms with Crippen molar-refractivity contribution in [3.8, 4) is 0 Å². The Morgan fingerprint density at radius 3 is 2.40 bits per heavy atom. The van der Waals surface area contributed by atoms with Gasteiger partial charge in [0.05, 0.1) is 0 Å². The Bertz CT molecular complexity index is 1250. The molecule has 5 rings (SSSR count). The number of rotatable bonds is 9. The summed E-state index contributed by atoms with van der Waals surface area (Å²) in [6.07, 6.45) is 5.26. The molecule has 1 N–H and O–H groups in total. The van der Waals surface area contributed by atoms with Crippen LogP contribution in [0.4, 0.5) is 0 Å². The zero-order valence-corrected chi connectivity index (χ0v) is 20.6. The summed E-state index contributed by atoms with van der Waals surface area (Å²) >= 11 is 0. The van der Waals surface area contributed by atoms with Crippen molar-refractivity contribution >= 4 is 16.8 Å². The lowest BCUT2D eigenvalue weighted by atomic mass is 9.87. The van der Waals surface area contributed by atoms with Crippen LogP contribution in [-0.4, -0.2) is 41.6 Å². The summed E-state index contributed by atoms with van der Waals surface area (Å²) in [5.74, 6) is 0.124. The molecule has 1 aliphatic rings. The van der Waals surface area contributed by atoms with Crippen molar-refractivity contribution in [1.82, 2.24) is 14.8 Å². The molecule has 4 heteroatoms. The number of aryl methyl sites for hydroxylation is 1. The first-order valence-corrected chi connectivity index (χ1v) is 12.8. The maximum absolute atomic E-state index is 13.1. The van der Waals surface area contributed by atoms with Crippen LogP contribution in [0.15, 0.2) is 85.1 Å². The number of amides is 1. The van der Waals surface area contributed by atoms with E-state index in [0.717, 1.165) is 32.7 Å². The van der Waals surface area contributed by atoms with Crippen molar-refractivity contribution in [3.63, 3.8) is 0 Å². The first-order chi connectivity index (χ1) is 17.2. The van der Waals surface area contributed by atoms with Crippen molar-refractivity contribution in [3.05, 3.63) is 107 Å². The molecule has 1 atom stereocenters. The first kappa shape index (κ1) is 23.4. The summed E-state index contributed by atoms with van der Waals surface area (Å²) in [4.78, 5) is 15.6. The largest absolute Gasteiger partial charge is 0.355 e. The van der Waals surface area contributed by atoms with Crippen LogP contribution in [-0.2, 0) is 11.3 Å². The van der Waals surface area contributed by atoms with E-state index in [1.54, 1.807) is 0 Å². The minimum absolute atomic E-state index is 0.00399. The molecule has 1 amide bonds. The molecule has 1 unspecified atom stereocenters. The molecule has 180 valence electrons. The molecule has 35 heavy (non-hydrogen) atoms. The van der Waals surface area contributed by atoms with Gasteiger partial charge in [-0.3, -0.25) is 4.79 Å². The lowest BCUT2D eigenvalue weighted by molar-refractivity contribution is -0.121. The number of aromatic nitrogens is 1. The van der Waals surface area contributed by atoms with E-state index in [9.17, 15) is 4.79 Å². The Labute approximate surface area is 208 Å². The van der Waals surface area contributed by atoms with Crippen molar-refractivity contribution in [2.45, 2.75) is 38.6 Å². The molecule has 2 heterocycles. The number of hydrogen-bond donors (Lipinski definition) is 1. The van der Waals surface area contributed by atoms with Crippen LogP contribution in [0.1, 0.15) is 47.4 Å². The molecule has 4 aromatic rings. The van der Waals surface area contributed by atoms with Crippen LogP contribution < -0.4 is 5.32 Å². The molecule has 1 aliphatic heterocycles. The standard InChI is InChI=1S/C31H35N3O/c1-24-13-15-26(16-14-24)28(21-31(35)32-17-20-33-18-7-8-19-33)29-23-34(22-25-9-3-2-4-10-25)30-12-6-5-11-27(29)30/h2-6,9-16,23,28H,7-8,17-22H2,1H3,(H,32,35). The smallest absolute Gasteiger partial charge is 0.220 e. The molecule has 1 saturated heterocycles. The fourth-order valence-electron chi connectivity index (χ4n) is 5.29. The Hall–Kier alpha value is -3.37. The average molecular weight is 466 g/mol. The van der Waals surface area contributed by atoms with E-state index in [4.69, 9.17) is 0 Å². The lowest BCUT2D eigenvalue weighted by Crippen LogP contribution is -2.34. The van der Waals surface area contributed by atoms with Crippen LogP contribution in [0.3, 0.4) is 0 Å². The van der Waals surface area contributed by atoms with Gasteiger partial charge in [-0.1, -0.05) is 78.4 Å². The fourth-order valence-corrected chi connectivity index (χ4v) is 5.29. The highest BCUT2D eigenvalue weighted by Gasteiger charge is 2.23. The minimum Gasteiger partial charge on any atom is -0.355 e. The van der Waals surface area contributed by atoms with E-state index in [2.05, 4.69) is 107 Å². The number of carbonyl (C=O) groups excluding carboxylic acids is 1. The molecule has 1 aromatic heterocycles. The topological polar surface area (TPSA) is 37.3 Å². The average Bonchev–Trinajstić information content (AvgIpc) is 3.52. The van der Waals surface area contributed by atoms with Crippen LogP contribution >= 0.6 is 0 Å². The summed E-state index contributed by atoms with van der Waals surface area (Å²) in [7, 11) is 0. The van der Waals surface area contributed by atoms with Crippen LogP contribution in [0.25, 0.3) is 10.9 Å². The molecular formula is C31H35N3O. The second-order valence-electron chi connectivity index (χ2n) is 9.78. The van der Waals surface area contributed by atoms with Gasteiger partial charge < -0.3 is 14.8 Å². The van der Waals surface area contributed by atoms with Gasteiger partial charge in [0.1, 0.15) is 0 Å². The van der Waals surface area contributed by atoms with E-state index < -0.39 is 0 Å². The van der Waals surface area contributed by atoms with Crippen molar-refractivity contribution in [1.29, 1.82) is 0 Å². The van der Waals surface area contributed by atoms with Gasteiger partial charge in [0.2, 0.25) is 5.91 Å². The highest BCUT2D eigenvalue weighted by atomic mass is 16.1. The van der Waals surface area contributed by atoms with Crippen LogP contribution in [0, 0.1) is 6.92 Å². The third kappa shape index (κ3) is 5.66. The predicted octanol–water partition coefficient (Wildman–Crippen LogP) is 5.73.